The standard InChI is InChI=1S/C22H24N4O3S/c1-29-19-8-2-16(3-9-19)20-15-30-22(23-20)24-21(28)14-25-10-12-26(13-11-25)17-4-6-18(27)7-5-17/h2-9,15,27H,10-14H2,1H3,(H,23,24,28). The maximum Gasteiger partial charge on any atom is 0.240 e. The summed E-state index contributed by atoms with van der Waals surface area (Å²) in [6, 6.07) is 14.9. The van der Waals surface area contributed by atoms with Crippen molar-refractivity contribution in [3.63, 3.8) is 0 Å². The van der Waals surface area contributed by atoms with Crippen molar-refractivity contribution in [2.75, 3.05) is 50.1 Å². The maximum atomic E-state index is 12.5. The van der Waals surface area contributed by atoms with Gasteiger partial charge in [0.2, 0.25) is 5.91 Å². The molecular formula is C22H24N4O3S. The summed E-state index contributed by atoms with van der Waals surface area (Å²) in [7, 11) is 1.64. The summed E-state index contributed by atoms with van der Waals surface area (Å²) in [5, 5.41) is 14.9. The van der Waals surface area contributed by atoms with Gasteiger partial charge in [0, 0.05) is 42.8 Å². The van der Waals surface area contributed by atoms with Crippen molar-refractivity contribution in [2.24, 2.45) is 0 Å². The summed E-state index contributed by atoms with van der Waals surface area (Å²) < 4.78 is 5.18. The van der Waals surface area contributed by atoms with Crippen molar-refractivity contribution < 1.29 is 14.6 Å². The Bertz CT molecular complexity index is 980. The van der Waals surface area contributed by atoms with Crippen LogP contribution in [0.2, 0.25) is 0 Å². The molecule has 0 aliphatic carbocycles. The highest BCUT2D eigenvalue weighted by atomic mass is 32.1. The van der Waals surface area contributed by atoms with E-state index >= 15 is 0 Å². The number of benzene rings is 2. The minimum Gasteiger partial charge on any atom is -0.508 e. The van der Waals surface area contributed by atoms with Crippen molar-refractivity contribution in [2.45, 2.75) is 0 Å². The number of aromatic hydroxyl groups is 1. The van der Waals surface area contributed by atoms with Crippen LogP contribution in [0.3, 0.4) is 0 Å². The Morgan fingerprint density at radius 1 is 1.10 bits per heavy atom. The van der Waals surface area contributed by atoms with Crippen LogP contribution in [0.4, 0.5) is 10.8 Å². The Balaban J connectivity index is 1.27. The third-order valence-electron chi connectivity index (χ3n) is 5.09. The second-order valence-electron chi connectivity index (χ2n) is 7.09. The molecule has 0 spiro atoms. The predicted octanol–water partition coefficient (Wildman–Crippen LogP) is 3.29. The van der Waals surface area contributed by atoms with Gasteiger partial charge in [-0.3, -0.25) is 9.69 Å². The smallest absolute Gasteiger partial charge is 0.240 e. The highest BCUT2D eigenvalue weighted by Gasteiger charge is 2.20. The van der Waals surface area contributed by atoms with E-state index in [4.69, 9.17) is 4.74 Å². The molecule has 0 atom stereocenters. The van der Waals surface area contributed by atoms with E-state index in [1.54, 1.807) is 19.2 Å². The van der Waals surface area contributed by atoms with E-state index in [0.29, 0.717) is 11.7 Å². The van der Waals surface area contributed by atoms with Crippen LogP contribution in [0.5, 0.6) is 11.5 Å². The molecule has 30 heavy (non-hydrogen) atoms. The molecule has 1 aliphatic rings. The van der Waals surface area contributed by atoms with E-state index in [-0.39, 0.29) is 11.7 Å². The zero-order valence-corrected chi connectivity index (χ0v) is 17.6. The number of amides is 1. The fraction of sp³-hybridized carbons (Fsp3) is 0.273. The van der Waals surface area contributed by atoms with Gasteiger partial charge in [0.25, 0.3) is 0 Å². The molecule has 1 aromatic heterocycles. The van der Waals surface area contributed by atoms with E-state index in [0.717, 1.165) is 48.9 Å². The number of ether oxygens (including phenoxy) is 1. The third-order valence-corrected chi connectivity index (χ3v) is 5.85. The van der Waals surface area contributed by atoms with Crippen molar-refractivity contribution in [1.82, 2.24) is 9.88 Å². The molecule has 156 valence electrons. The quantitative estimate of drug-likeness (QED) is 0.632. The van der Waals surface area contributed by atoms with Gasteiger partial charge in [-0.05, 0) is 48.5 Å². The van der Waals surface area contributed by atoms with Crippen LogP contribution in [0.1, 0.15) is 0 Å². The van der Waals surface area contributed by atoms with E-state index in [1.165, 1.54) is 11.3 Å². The summed E-state index contributed by atoms with van der Waals surface area (Å²) in [4.78, 5) is 21.4. The number of phenolic OH excluding ortho intramolecular Hbond substituents is 1. The largest absolute Gasteiger partial charge is 0.508 e. The van der Waals surface area contributed by atoms with Crippen LogP contribution in [-0.4, -0.2) is 60.7 Å². The van der Waals surface area contributed by atoms with Gasteiger partial charge in [0.05, 0.1) is 19.3 Å². The van der Waals surface area contributed by atoms with Crippen LogP contribution in [-0.2, 0) is 4.79 Å². The van der Waals surface area contributed by atoms with Gasteiger partial charge in [-0.2, -0.15) is 0 Å². The number of nitrogens with one attached hydrogen (secondary N) is 1. The summed E-state index contributed by atoms with van der Waals surface area (Å²) >= 11 is 1.42. The molecule has 2 heterocycles. The Morgan fingerprint density at radius 2 is 1.80 bits per heavy atom. The number of phenols is 1. The molecule has 1 aliphatic heterocycles. The van der Waals surface area contributed by atoms with Crippen LogP contribution < -0.4 is 15.0 Å². The molecule has 0 unspecified atom stereocenters. The molecule has 4 rings (SSSR count). The number of piperazine rings is 1. The lowest BCUT2D eigenvalue weighted by Gasteiger charge is -2.35. The number of rotatable bonds is 6. The van der Waals surface area contributed by atoms with Gasteiger partial charge in [-0.15, -0.1) is 11.3 Å². The molecule has 0 radical (unpaired) electrons. The van der Waals surface area contributed by atoms with Crippen LogP contribution >= 0.6 is 11.3 Å². The zero-order valence-electron chi connectivity index (χ0n) is 16.7. The number of anilines is 2. The van der Waals surface area contributed by atoms with E-state index < -0.39 is 0 Å². The number of thiazole rings is 1. The summed E-state index contributed by atoms with van der Waals surface area (Å²) in [5.74, 6) is 1.02. The minimum atomic E-state index is -0.0521. The Kier molecular flexibility index (Phi) is 6.15. The monoisotopic (exact) mass is 424 g/mol. The second kappa shape index (κ2) is 9.15. The first-order chi connectivity index (χ1) is 14.6. The van der Waals surface area contributed by atoms with Crippen molar-refractivity contribution in [1.29, 1.82) is 0 Å². The Hall–Kier alpha value is -3.10. The van der Waals surface area contributed by atoms with Crippen LogP contribution in [0, 0.1) is 0 Å². The normalized spacial score (nSPS) is 14.5. The molecular weight excluding hydrogens is 400 g/mol. The average Bonchev–Trinajstić information content (AvgIpc) is 3.23. The number of hydrogen-bond donors (Lipinski definition) is 2. The van der Waals surface area contributed by atoms with Gasteiger partial charge >= 0.3 is 0 Å². The molecule has 1 fully saturated rings. The van der Waals surface area contributed by atoms with Gasteiger partial charge in [-0.1, -0.05) is 0 Å². The lowest BCUT2D eigenvalue weighted by atomic mass is 10.2. The lowest BCUT2D eigenvalue weighted by molar-refractivity contribution is -0.117. The predicted molar refractivity (Wildman–Crippen MR) is 119 cm³/mol. The number of carbonyl (C=O) groups is 1. The number of aromatic nitrogens is 1. The highest BCUT2D eigenvalue weighted by molar-refractivity contribution is 7.14. The zero-order chi connectivity index (χ0) is 20.9. The Labute approximate surface area is 179 Å². The lowest BCUT2D eigenvalue weighted by Crippen LogP contribution is -2.48. The molecule has 2 aromatic carbocycles. The molecule has 8 heteroatoms. The van der Waals surface area contributed by atoms with E-state index in [9.17, 15) is 9.90 Å². The first-order valence-corrected chi connectivity index (χ1v) is 10.6. The molecule has 0 bridgehead atoms. The molecule has 7 nitrogen and oxygen atoms in total. The minimum absolute atomic E-state index is 0.0521. The SMILES string of the molecule is COc1ccc(-c2csc(NC(=O)CN3CCN(c4ccc(O)cc4)CC3)n2)cc1. The van der Waals surface area contributed by atoms with Gasteiger partial charge in [0.1, 0.15) is 11.5 Å². The van der Waals surface area contributed by atoms with E-state index in [1.807, 2.05) is 41.8 Å². The van der Waals surface area contributed by atoms with Gasteiger partial charge < -0.3 is 20.1 Å². The molecule has 0 saturated carbocycles. The number of hydrogen-bond acceptors (Lipinski definition) is 7. The molecule has 2 N–H and O–H groups in total. The summed E-state index contributed by atoms with van der Waals surface area (Å²) in [6.45, 7) is 3.65. The molecule has 3 aromatic rings. The van der Waals surface area contributed by atoms with Crippen LogP contribution in [0.25, 0.3) is 11.3 Å². The third kappa shape index (κ3) is 4.90. The average molecular weight is 425 g/mol. The van der Waals surface area contributed by atoms with Crippen molar-refractivity contribution >= 4 is 28.1 Å². The Morgan fingerprint density at radius 3 is 2.47 bits per heavy atom. The fourth-order valence-electron chi connectivity index (χ4n) is 3.42. The van der Waals surface area contributed by atoms with Gasteiger partial charge in [0.15, 0.2) is 5.13 Å². The number of nitrogens with zero attached hydrogens (tertiary/aromatic N) is 3. The topological polar surface area (TPSA) is 77.9 Å². The maximum absolute atomic E-state index is 12.5. The first kappa shape index (κ1) is 20.2. The van der Waals surface area contributed by atoms with Gasteiger partial charge in [-0.25, -0.2) is 4.98 Å². The van der Waals surface area contributed by atoms with Crippen molar-refractivity contribution in [3.8, 4) is 22.8 Å². The van der Waals surface area contributed by atoms with E-state index in [2.05, 4.69) is 20.1 Å². The fourth-order valence-corrected chi connectivity index (χ4v) is 4.15. The summed E-state index contributed by atoms with van der Waals surface area (Å²) in [5.41, 5.74) is 2.91. The number of methoxy groups -OCH3 is 1. The number of carbonyl (C=O) groups excluding carboxylic acids is 1. The first-order valence-electron chi connectivity index (χ1n) is 9.77. The van der Waals surface area contributed by atoms with Crippen molar-refractivity contribution in [3.05, 3.63) is 53.9 Å². The van der Waals surface area contributed by atoms with Crippen LogP contribution in [0.15, 0.2) is 53.9 Å². The summed E-state index contributed by atoms with van der Waals surface area (Å²) in [6.07, 6.45) is 0. The molecule has 1 saturated heterocycles. The molecule has 1 amide bonds. The highest BCUT2D eigenvalue weighted by Crippen LogP contribution is 2.26. The second-order valence-corrected chi connectivity index (χ2v) is 7.95.